The fraction of sp³-hybridized carbons (Fsp3) is 0.769. The average Bonchev–Trinajstić information content (AvgIpc) is 2.18. The monoisotopic (exact) mass is 350 g/mol. The SMILES string of the molecule is C=C(C)C(=O)OCCC[Si](O)(O[Si](C)(C)C)O[Si](C)(C)C. The van der Waals surface area contributed by atoms with Gasteiger partial charge in [0.2, 0.25) is 0 Å². The van der Waals surface area contributed by atoms with Crippen molar-refractivity contribution in [3.05, 3.63) is 12.2 Å². The molecule has 0 aliphatic heterocycles. The molecule has 0 atom stereocenters. The van der Waals surface area contributed by atoms with Gasteiger partial charge in [0, 0.05) is 11.6 Å². The van der Waals surface area contributed by atoms with Crippen LogP contribution in [-0.2, 0) is 17.8 Å². The molecule has 1 N–H and O–H groups in total. The molecule has 0 spiro atoms. The van der Waals surface area contributed by atoms with Gasteiger partial charge in [0.1, 0.15) is 0 Å². The molecule has 0 aliphatic carbocycles. The van der Waals surface area contributed by atoms with Crippen molar-refractivity contribution in [2.75, 3.05) is 6.61 Å². The summed E-state index contributed by atoms with van der Waals surface area (Å²) in [7, 11) is -7.02. The van der Waals surface area contributed by atoms with Gasteiger partial charge in [0.05, 0.1) is 6.61 Å². The van der Waals surface area contributed by atoms with Crippen molar-refractivity contribution in [1.29, 1.82) is 0 Å². The lowest BCUT2D eigenvalue weighted by molar-refractivity contribution is -0.139. The van der Waals surface area contributed by atoms with Crippen LogP contribution in [0.5, 0.6) is 0 Å². The second kappa shape index (κ2) is 7.84. The van der Waals surface area contributed by atoms with E-state index in [9.17, 15) is 9.59 Å². The highest BCUT2D eigenvalue weighted by atomic mass is 28.5. The summed E-state index contributed by atoms with van der Waals surface area (Å²) in [4.78, 5) is 22.1. The maximum atomic E-state index is 11.3. The maximum absolute atomic E-state index is 11.3. The second-order valence-electron chi connectivity index (χ2n) is 7.16. The number of carbonyl (C=O) groups excluding carboxylic acids is 1. The normalized spacial score (nSPS) is 13.1. The molecule has 21 heavy (non-hydrogen) atoms. The topological polar surface area (TPSA) is 65.0 Å². The minimum absolute atomic E-state index is 0.241. The second-order valence-corrected chi connectivity index (χ2v) is 19.2. The minimum atomic E-state index is -3.21. The van der Waals surface area contributed by atoms with Crippen LogP contribution >= 0.6 is 0 Å². The molecule has 0 aromatic heterocycles. The number of ether oxygens (including phenoxy) is 1. The molecular formula is C13H30O5Si3. The molecule has 0 fully saturated rings. The molecule has 124 valence electrons. The molecular weight excluding hydrogens is 320 g/mol. The lowest BCUT2D eigenvalue weighted by atomic mass is 10.4. The summed E-state index contributed by atoms with van der Waals surface area (Å²) in [6.07, 6.45) is 0.525. The molecule has 0 aromatic carbocycles. The summed E-state index contributed by atoms with van der Waals surface area (Å²) in [5, 5.41) is 0. The van der Waals surface area contributed by atoms with Gasteiger partial charge in [-0.15, -0.1) is 0 Å². The Kier molecular flexibility index (Phi) is 7.74. The van der Waals surface area contributed by atoms with Gasteiger partial charge < -0.3 is 17.8 Å². The third kappa shape index (κ3) is 11.0. The van der Waals surface area contributed by atoms with E-state index in [1.54, 1.807) is 6.92 Å². The van der Waals surface area contributed by atoms with E-state index >= 15 is 0 Å². The Bertz CT molecular complexity index is 355. The van der Waals surface area contributed by atoms with E-state index in [1.807, 2.05) is 39.3 Å². The van der Waals surface area contributed by atoms with E-state index < -0.39 is 31.4 Å². The van der Waals surface area contributed by atoms with Gasteiger partial charge >= 0.3 is 14.8 Å². The summed E-state index contributed by atoms with van der Waals surface area (Å²) in [5.41, 5.74) is 0.374. The molecule has 0 aromatic rings. The Morgan fingerprint density at radius 3 is 1.81 bits per heavy atom. The van der Waals surface area contributed by atoms with Crippen molar-refractivity contribution in [3.8, 4) is 0 Å². The Hall–Kier alpha value is -0.259. The third-order valence-corrected chi connectivity index (χ3v) is 10.6. The summed E-state index contributed by atoms with van der Waals surface area (Å²) < 4.78 is 16.9. The first-order valence-electron chi connectivity index (χ1n) is 7.19. The van der Waals surface area contributed by atoms with Crippen LogP contribution in [0.4, 0.5) is 0 Å². The summed E-state index contributed by atoms with van der Waals surface area (Å²) in [6, 6.07) is 0.408. The van der Waals surface area contributed by atoms with Crippen LogP contribution in [0.1, 0.15) is 13.3 Å². The van der Waals surface area contributed by atoms with E-state index in [2.05, 4.69) is 6.58 Å². The van der Waals surface area contributed by atoms with Crippen molar-refractivity contribution in [2.24, 2.45) is 0 Å². The number of rotatable bonds is 9. The number of carbonyl (C=O) groups is 1. The van der Waals surface area contributed by atoms with Crippen LogP contribution < -0.4 is 0 Å². The maximum Gasteiger partial charge on any atom is 0.477 e. The van der Waals surface area contributed by atoms with Crippen LogP contribution in [0, 0.1) is 0 Å². The Morgan fingerprint density at radius 1 is 1.05 bits per heavy atom. The van der Waals surface area contributed by atoms with Crippen molar-refractivity contribution in [3.63, 3.8) is 0 Å². The lowest BCUT2D eigenvalue weighted by Gasteiger charge is -2.35. The van der Waals surface area contributed by atoms with E-state index in [0.29, 0.717) is 18.0 Å². The van der Waals surface area contributed by atoms with E-state index in [4.69, 9.17) is 13.0 Å². The van der Waals surface area contributed by atoms with Gasteiger partial charge in [0.25, 0.3) is 0 Å². The van der Waals surface area contributed by atoms with Gasteiger partial charge in [-0.05, 0) is 52.6 Å². The van der Waals surface area contributed by atoms with E-state index in [-0.39, 0.29) is 6.61 Å². The standard InChI is InChI=1S/C13H30O5Si3/c1-12(2)13(14)16-10-9-11-21(15,17-19(3,4)5)18-20(6,7)8/h15H,1,9-11H2,2-8H3. The van der Waals surface area contributed by atoms with Gasteiger partial charge in [-0.1, -0.05) is 6.58 Å². The number of esters is 1. The zero-order valence-electron chi connectivity index (χ0n) is 14.4. The van der Waals surface area contributed by atoms with Gasteiger partial charge in [-0.3, -0.25) is 0 Å². The zero-order chi connectivity index (χ0) is 16.9. The highest BCUT2D eigenvalue weighted by Gasteiger charge is 2.44. The van der Waals surface area contributed by atoms with Crippen molar-refractivity contribution >= 4 is 31.4 Å². The molecule has 0 amide bonds. The zero-order valence-corrected chi connectivity index (χ0v) is 17.4. The first-order chi connectivity index (χ1) is 9.24. The van der Waals surface area contributed by atoms with Crippen molar-refractivity contribution < 1.29 is 22.6 Å². The van der Waals surface area contributed by atoms with Gasteiger partial charge in [-0.2, -0.15) is 0 Å². The molecule has 0 radical (unpaired) electrons. The van der Waals surface area contributed by atoms with Crippen LogP contribution in [0.2, 0.25) is 45.3 Å². The summed E-state index contributed by atoms with van der Waals surface area (Å²) in [6.45, 7) is 17.5. The molecule has 0 unspecified atom stereocenters. The molecule has 0 heterocycles. The molecule has 0 aliphatic rings. The van der Waals surface area contributed by atoms with Crippen LogP contribution in [0.3, 0.4) is 0 Å². The van der Waals surface area contributed by atoms with Crippen LogP contribution in [-0.4, -0.2) is 42.8 Å². The molecule has 5 nitrogen and oxygen atoms in total. The quantitative estimate of drug-likeness (QED) is 0.299. The Morgan fingerprint density at radius 2 is 1.48 bits per heavy atom. The summed E-state index contributed by atoms with van der Waals surface area (Å²) >= 11 is 0. The van der Waals surface area contributed by atoms with Gasteiger partial charge in [0.15, 0.2) is 16.6 Å². The molecule has 0 bridgehead atoms. The molecule has 0 saturated carbocycles. The smallest absolute Gasteiger partial charge is 0.462 e. The highest BCUT2D eigenvalue weighted by molar-refractivity contribution is 6.85. The fourth-order valence-electron chi connectivity index (χ4n) is 1.66. The highest BCUT2D eigenvalue weighted by Crippen LogP contribution is 2.23. The van der Waals surface area contributed by atoms with Crippen molar-refractivity contribution in [2.45, 2.75) is 58.7 Å². The molecule has 0 saturated heterocycles. The predicted molar refractivity (Wildman–Crippen MR) is 92.0 cm³/mol. The lowest BCUT2D eigenvalue weighted by Crippen LogP contribution is -2.55. The fourth-order valence-corrected chi connectivity index (χ4v) is 11.3. The Labute approximate surface area is 131 Å². The third-order valence-electron chi connectivity index (χ3n) is 2.15. The first-order valence-corrected chi connectivity index (χ1v) is 16.0. The summed E-state index contributed by atoms with van der Waals surface area (Å²) in [5.74, 6) is -0.405. The van der Waals surface area contributed by atoms with Gasteiger partial charge in [-0.25, -0.2) is 4.79 Å². The minimum Gasteiger partial charge on any atom is -0.462 e. The van der Waals surface area contributed by atoms with E-state index in [0.717, 1.165) is 0 Å². The predicted octanol–water partition coefficient (Wildman–Crippen LogP) is 3.13. The Balaban J connectivity index is 4.55. The number of hydrogen-bond acceptors (Lipinski definition) is 5. The van der Waals surface area contributed by atoms with Crippen molar-refractivity contribution in [1.82, 2.24) is 0 Å². The number of hydrogen-bond donors (Lipinski definition) is 1. The average molecular weight is 351 g/mol. The molecule has 0 rings (SSSR count). The van der Waals surface area contributed by atoms with E-state index in [1.165, 1.54) is 0 Å². The first kappa shape index (κ1) is 20.7. The largest absolute Gasteiger partial charge is 0.477 e. The van der Waals surface area contributed by atoms with Crippen LogP contribution in [0.15, 0.2) is 12.2 Å². The molecule has 8 heteroatoms. The van der Waals surface area contributed by atoms with Crippen LogP contribution in [0.25, 0.3) is 0 Å².